The molecule has 1 aromatic heterocycles. The van der Waals surface area contributed by atoms with Crippen LogP contribution in [0.25, 0.3) is 0 Å². The van der Waals surface area contributed by atoms with E-state index in [-0.39, 0.29) is 6.61 Å². The number of hydrogen-bond donors (Lipinski definition) is 1. The van der Waals surface area contributed by atoms with Crippen LogP contribution < -0.4 is 0 Å². The van der Waals surface area contributed by atoms with Crippen molar-refractivity contribution in [3.63, 3.8) is 0 Å². The van der Waals surface area contributed by atoms with Crippen LogP contribution in [0.5, 0.6) is 0 Å². The van der Waals surface area contributed by atoms with Gasteiger partial charge in [-0.05, 0) is 19.1 Å². The number of aromatic nitrogens is 1. The van der Waals surface area contributed by atoms with Gasteiger partial charge < -0.3 is 5.11 Å². The summed E-state index contributed by atoms with van der Waals surface area (Å²) in [6.45, 7) is 1.79. The largest absolute Gasteiger partial charge is 0.384 e. The molecule has 0 radical (unpaired) electrons. The molecule has 0 fully saturated rings. The molecule has 0 spiro atoms. The second kappa shape index (κ2) is 3.75. The first-order valence-electron chi connectivity index (χ1n) is 3.36. The van der Waals surface area contributed by atoms with E-state index in [1.54, 1.807) is 6.20 Å². The second-order valence-electron chi connectivity index (χ2n) is 2.10. The van der Waals surface area contributed by atoms with Gasteiger partial charge in [0.1, 0.15) is 6.61 Å². The lowest BCUT2D eigenvalue weighted by molar-refractivity contribution is 0.350. The quantitative estimate of drug-likeness (QED) is 0.549. The first-order valence-corrected chi connectivity index (χ1v) is 3.36. The van der Waals surface area contributed by atoms with Crippen LogP contribution in [0.2, 0.25) is 0 Å². The molecular weight excluding hydrogens is 138 g/mol. The molecule has 2 heteroatoms. The number of pyridine rings is 1. The second-order valence-corrected chi connectivity index (χ2v) is 2.10. The van der Waals surface area contributed by atoms with Crippen LogP contribution in [0.15, 0.2) is 18.3 Å². The van der Waals surface area contributed by atoms with E-state index >= 15 is 0 Å². The van der Waals surface area contributed by atoms with E-state index in [0.717, 1.165) is 11.3 Å². The Hall–Kier alpha value is -1.33. The minimum atomic E-state index is -0.103. The van der Waals surface area contributed by atoms with Crippen LogP contribution in [0.1, 0.15) is 11.3 Å². The van der Waals surface area contributed by atoms with Crippen molar-refractivity contribution >= 4 is 0 Å². The summed E-state index contributed by atoms with van der Waals surface area (Å²) in [6, 6.07) is 3.71. The summed E-state index contributed by atoms with van der Waals surface area (Å²) in [5.74, 6) is 5.37. The number of aliphatic hydroxyl groups is 1. The Morgan fingerprint density at radius 2 is 2.45 bits per heavy atom. The minimum Gasteiger partial charge on any atom is -0.384 e. The summed E-state index contributed by atoms with van der Waals surface area (Å²) >= 11 is 0. The lowest BCUT2D eigenvalue weighted by atomic mass is 10.2. The van der Waals surface area contributed by atoms with Crippen LogP contribution in [-0.2, 0) is 0 Å². The van der Waals surface area contributed by atoms with Gasteiger partial charge in [-0.1, -0.05) is 11.8 Å². The number of nitrogens with zero attached hydrogens (tertiary/aromatic N) is 1. The molecule has 0 amide bonds. The monoisotopic (exact) mass is 147 g/mol. The van der Waals surface area contributed by atoms with Crippen molar-refractivity contribution in [1.82, 2.24) is 4.98 Å². The van der Waals surface area contributed by atoms with E-state index in [1.807, 2.05) is 19.1 Å². The predicted molar refractivity (Wildman–Crippen MR) is 42.9 cm³/mol. The normalized spacial score (nSPS) is 8.55. The summed E-state index contributed by atoms with van der Waals surface area (Å²) in [5, 5.41) is 8.42. The number of aliphatic hydroxyl groups excluding tert-OH is 1. The van der Waals surface area contributed by atoms with Crippen molar-refractivity contribution in [2.75, 3.05) is 6.61 Å². The van der Waals surface area contributed by atoms with Gasteiger partial charge in [0.2, 0.25) is 0 Å². The molecule has 56 valence electrons. The number of aryl methyl sites for hydroxylation is 1. The van der Waals surface area contributed by atoms with Crippen LogP contribution in [0.3, 0.4) is 0 Å². The summed E-state index contributed by atoms with van der Waals surface area (Å²) in [4.78, 5) is 4.05. The first-order chi connectivity index (χ1) is 5.34. The molecule has 0 aromatic carbocycles. The highest BCUT2D eigenvalue weighted by Crippen LogP contribution is 1.99. The van der Waals surface area contributed by atoms with Gasteiger partial charge in [0.25, 0.3) is 0 Å². The first kappa shape index (κ1) is 7.77. The molecule has 0 aliphatic rings. The zero-order valence-electron chi connectivity index (χ0n) is 6.33. The van der Waals surface area contributed by atoms with E-state index in [1.165, 1.54) is 0 Å². The number of rotatable bonds is 0. The lowest BCUT2D eigenvalue weighted by Gasteiger charge is -1.92. The third-order valence-corrected chi connectivity index (χ3v) is 1.31. The zero-order valence-corrected chi connectivity index (χ0v) is 6.33. The predicted octanol–water partition coefficient (Wildman–Crippen LogP) is 0.734. The highest BCUT2D eigenvalue weighted by atomic mass is 16.2. The maximum atomic E-state index is 8.42. The Morgan fingerprint density at radius 3 is 3.09 bits per heavy atom. The van der Waals surface area contributed by atoms with Crippen molar-refractivity contribution in [2.45, 2.75) is 6.92 Å². The van der Waals surface area contributed by atoms with Crippen LogP contribution in [0, 0.1) is 18.8 Å². The fraction of sp³-hybridized carbons (Fsp3) is 0.222. The molecule has 0 aliphatic carbocycles. The van der Waals surface area contributed by atoms with Gasteiger partial charge >= 0.3 is 0 Å². The fourth-order valence-corrected chi connectivity index (χ4v) is 0.751. The molecule has 0 saturated heterocycles. The van der Waals surface area contributed by atoms with E-state index in [9.17, 15) is 0 Å². The molecule has 1 heterocycles. The van der Waals surface area contributed by atoms with Crippen LogP contribution >= 0.6 is 0 Å². The van der Waals surface area contributed by atoms with E-state index in [4.69, 9.17) is 5.11 Å². The lowest BCUT2D eigenvalue weighted by Crippen LogP contribution is -1.85. The Bertz CT molecular complexity index is 296. The third-order valence-electron chi connectivity index (χ3n) is 1.31. The summed E-state index contributed by atoms with van der Waals surface area (Å²) in [7, 11) is 0. The smallest absolute Gasteiger partial charge is 0.104 e. The van der Waals surface area contributed by atoms with Gasteiger partial charge in [-0.25, -0.2) is 0 Å². The molecule has 11 heavy (non-hydrogen) atoms. The molecule has 1 N–H and O–H groups in total. The molecule has 2 nitrogen and oxygen atoms in total. The highest BCUT2D eigenvalue weighted by Gasteiger charge is 1.90. The molecule has 1 aromatic rings. The topological polar surface area (TPSA) is 33.1 Å². The summed E-state index contributed by atoms with van der Waals surface area (Å²) < 4.78 is 0. The number of hydrogen-bond acceptors (Lipinski definition) is 2. The van der Waals surface area contributed by atoms with Gasteiger partial charge in [-0.3, -0.25) is 4.98 Å². The van der Waals surface area contributed by atoms with Gasteiger partial charge in [0, 0.05) is 11.8 Å². The van der Waals surface area contributed by atoms with Crippen molar-refractivity contribution in [2.24, 2.45) is 0 Å². The highest BCUT2D eigenvalue weighted by molar-refractivity contribution is 5.36. The van der Waals surface area contributed by atoms with E-state index in [2.05, 4.69) is 16.8 Å². The van der Waals surface area contributed by atoms with Crippen molar-refractivity contribution in [3.05, 3.63) is 29.6 Å². The third kappa shape index (κ3) is 2.06. The van der Waals surface area contributed by atoms with Gasteiger partial charge in [-0.15, -0.1) is 0 Å². The summed E-state index contributed by atoms with van der Waals surface area (Å²) in [5.41, 5.74) is 1.77. The molecule has 0 unspecified atom stereocenters. The Kier molecular flexibility index (Phi) is 2.65. The maximum absolute atomic E-state index is 8.42. The van der Waals surface area contributed by atoms with Gasteiger partial charge in [-0.2, -0.15) is 0 Å². The summed E-state index contributed by atoms with van der Waals surface area (Å²) in [6.07, 6.45) is 1.72. The fourth-order valence-electron chi connectivity index (χ4n) is 0.751. The molecule has 1 rings (SSSR count). The molecular formula is C9H9NO. The van der Waals surface area contributed by atoms with E-state index in [0.29, 0.717) is 0 Å². The van der Waals surface area contributed by atoms with Gasteiger partial charge in [0.15, 0.2) is 0 Å². The maximum Gasteiger partial charge on any atom is 0.104 e. The average molecular weight is 147 g/mol. The molecule has 0 atom stereocenters. The Labute approximate surface area is 65.9 Å². The van der Waals surface area contributed by atoms with Crippen molar-refractivity contribution in [1.29, 1.82) is 0 Å². The van der Waals surface area contributed by atoms with Crippen molar-refractivity contribution < 1.29 is 5.11 Å². The average Bonchev–Trinajstić information content (AvgIpc) is 2.03. The molecule has 0 aliphatic heterocycles. The Morgan fingerprint density at radius 1 is 1.64 bits per heavy atom. The van der Waals surface area contributed by atoms with Crippen LogP contribution in [0.4, 0.5) is 0 Å². The molecule has 0 bridgehead atoms. The Balaban J connectivity index is 2.95. The molecule has 0 saturated carbocycles. The van der Waals surface area contributed by atoms with Crippen LogP contribution in [-0.4, -0.2) is 16.7 Å². The van der Waals surface area contributed by atoms with E-state index < -0.39 is 0 Å². The minimum absolute atomic E-state index is 0.103. The standard InChI is InChI=1S/C9H9NO/c1-8-9(5-3-7-11)4-2-6-10-8/h2,4,6,11H,7H2,1H3. The SMILES string of the molecule is Cc1ncccc1C#CCO. The zero-order chi connectivity index (χ0) is 8.10. The van der Waals surface area contributed by atoms with Gasteiger partial charge in [0.05, 0.1) is 5.69 Å². The van der Waals surface area contributed by atoms with Crippen molar-refractivity contribution in [3.8, 4) is 11.8 Å².